The van der Waals surface area contributed by atoms with Crippen LogP contribution in [0.15, 0.2) is 54.6 Å². The number of carbonyl (C=O) groups is 1. The Kier molecular flexibility index (Phi) is 6.22. The first kappa shape index (κ1) is 19.0. The molecule has 0 aliphatic heterocycles. The smallest absolute Gasteiger partial charge is 0.244 e. The van der Waals surface area contributed by atoms with Crippen LogP contribution in [0.2, 0.25) is 5.02 Å². The van der Waals surface area contributed by atoms with Crippen molar-refractivity contribution in [3.8, 4) is 0 Å². The van der Waals surface area contributed by atoms with Crippen LogP contribution in [0.3, 0.4) is 0 Å². The summed E-state index contributed by atoms with van der Waals surface area (Å²) in [4.78, 5) is 12.1. The van der Waals surface area contributed by atoms with Crippen LogP contribution in [0.1, 0.15) is 24.1 Å². The summed E-state index contributed by atoms with van der Waals surface area (Å²) in [6, 6.07) is 13.7. The van der Waals surface area contributed by atoms with Crippen molar-refractivity contribution in [1.82, 2.24) is 5.32 Å². The lowest BCUT2D eigenvalue weighted by atomic mass is 10.1. The number of hydrogen-bond donors (Lipinski definition) is 2. The highest BCUT2D eigenvalue weighted by Crippen LogP contribution is 2.23. The highest BCUT2D eigenvalue weighted by Gasteiger charge is 2.14. The quantitative estimate of drug-likeness (QED) is 0.754. The molecule has 1 amide bonds. The van der Waals surface area contributed by atoms with Crippen molar-refractivity contribution in [3.05, 3.63) is 70.8 Å². The van der Waals surface area contributed by atoms with Gasteiger partial charge in [0.15, 0.2) is 0 Å². The topological polar surface area (TPSA) is 75.3 Å². The van der Waals surface area contributed by atoms with E-state index in [2.05, 4.69) is 10.0 Å². The van der Waals surface area contributed by atoms with Gasteiger partial charge in [-0.25, -0.2) is 8.42 Å². The molecule has 2 rings (SSSR count). The molecule has 1 atom stereocenters. The van der Waals surface area contributed by atoms with E-state index in [1.807, 2.05) is 0 Å². The second-order valence-corrected chi connectivity index (χ2v) is 7.76. The minimum Gasteiger partial charge on any atom is -0.346 e. The van der Waals surface area contributed by atoms with Crippen molar-refractivity contribution < 1.29 is 13.2 Å². The van der Waals surface area contributed by atoms with E-state index in [1.165, 1.54) is 6.08 Å². The fourth-order valence-electron chi connectivity index (χ4n) is 2.25. The summed E-state index contributed by atoms with van der Waals surface area (Å²) in [7, 11) is -3.40. The predicted molar refractivity (Wildman–Crippen MR) is 102 cm³/mol. The van der Waals surface area contributed by atoms with Gasteiger partial charge < -0.3 is 5.32 Å². The number of sulfonamides is 1. The lowest BCUT2D eigenvalue weighted by Crippen LogP contribution is -2.25. The van der Waals surface area contributed by atoms with Gasteiger partial charge in [0, 0.05) is 11.1 Å². The van der Waals surface area contributed by atoms with Crippen molar-refractivity contribution >= 4 is 39.3 Å². The molecule has 2 aromatic rings. The predicted octanol–water partition coefficient (Wildman–Crippen LogP) is 3.60. The number of benzene rings is 2. The maximum atomic E-state index is 12.1. The first-order chi connectivity index (χ1) is 11.7. The van der Waals surface area contributed by atoms with Gasteiger partial charge in [-0.15, -0.1) is 0 Å². The molecule has 0 saturated carbocycles. The largest absolute Gasteiger partial charge is 0.346 e. The maximum Gasteiger partial charge on any atom is 0.244 e. The van der Waals surface area contributed by atoms with Crippen LogP contribution in [-0.4, -0.2) is 20.6 Å². The van der Waals surface area contributed by atoms with E-state index >= 15 is 0 Å². The van der Waals surface area contributed by atoms with Gasteiger partial charge in [0.1, 0.15) is 0 Å². The summed E-state index contributed by atoms with van der Waals surface area (Å²) < 4.78 is 25.4. The monoisotopic (exact) mass is 378 g/mol. The van der Waals surface area contributed by atoms with Crippen LogP contribution >= 0.6 is 11.6 Å². The molecule has 2 N–H and O–H groups in total. The molecule has 2 aromatic carbocycles. The third kappa shape index (κ3) is 6.25. The van der Waals surface area contributed by atoms with Crippen molar-refractivity contribution in [3.63, 3.8) is 0 Å². The fraction of sp³-hybridized carbons (Fsp3) is 0.167. The van der Waals surface area contributed by atoms with Gasteiger partial charge >= 0.3 is 0 Å². The van der Waals surface area contributed by atoms with E-state index in [1.54, 1.807) is 61.5 Å². The number of rotatable bonds is 6. The maximum absolute atomic E-state index is 12.1. The summed E-state index contributed by atoms with van der Waals surface area (Å²) in [5, 5.41) is 3.45. The third-order valence-corrected chi connectivity index (χ3v) is 4.22. The molecular formula is C18H19ClN2O3S. The summed E-state index contributed by atoms with van der Waals surface area (Å²) in [6.45, 7) is 1.79. The van der Waals surface area contributed by atoms with Crippen LogP contribution < -0.4 is 10.0 Å². The first-order valence-electron chi connectivity index (χ1n) is 7.55. The summed E-state index contributed by atoms with van der Waals surface area (Å²) in [5.41, 5.74) is 1.98. The van der Waals surface area contributed by atoms with E-state index in [0.29, 0.717) is 16.3 Å². The second-order valence-electron chi connectivity index (χ2n) is 5.58. The van der Waals surface area contributed by atoms with Gasteiger partial charge in [-0.2, -0.15) is 0 Å². The number of hydrogen-bond acceptors (Lipinski definition) is 3. The molecule has 7 heteroatoms. The first-order valence-corrected chi connectivity index (χ1v) is 9.82. The molecule has 0 spiro atoms. The lowest BCUT2D eigenvalue weighted by molar-refractivity contribution is -0.117. The van der Waals surface area contributed by atoms with E-state index < -0.39 is 10.0 Å². The minimum atomic E-state index is -3.40. The van der Waals surface area contributed by atoms with Crippen molar-refractivity contribution in [2.45, 2.75) is 13.0 Å². The molecule has 0 aromatic heterocycles. The minimum absolute atomic E-state index is 0.281. The number of carbonyl (C=O) groups excluding carboxylic acids is 1. The van der Waals surface area contributed by atoms with Crippen LogP contribution in [0.4, 0.5) is 5.69 Å². The zero-order valence-electron chi connectivity index (χ0n) is 13.9. The van der Waals surface area contributed by atoms with E-state index in [9.17, 15) is 13.2 Å². The second kappa shape index (κ2) is 8.18. The van der Waals surface area contributed by atoms with Crippen molar-refractivity contribution in [2.75, 3.05) is 11.0 Å². The summed E-state index contributed by atoms with van der Waals surface area (Å²) in [5.74, 6) is -0.281. The van der Waals surface area contributed by atoms with Gasteiger partial charge in [-0.1, -0.05) is 41.9 Å². The van der Waals surface area contributed by atoms with Crippen LogP contribution in [-0.2, 0) is 14.8 Å². The molecule has 0 radical (unpaired) electrons. The Bertz CT molecular complexity index is 877. The summed E-state index contributed by atoms with van der Waals surface area (Å²) in [6.07, 6.45) is 4.19. The average molecular weight is 379 g/mol. The molecule has 132 valence electrons. The molecule has 1 unspecified atom stereocenters. The Morgan fingerprint density at radius 2 is 1.76 bits per heavy atom. The highest BCUT2D eigenvalue weighted by molar-refractivity contribution is 7.92. The number of nitrogens with one attached hydrogen (secondary N) is 2. The number of anilines is 1. The zero-order valence-corrected chi connectivity index (χ0v) is 15.4. The SMILES string of the molecule is CC(NC(=O)/C=C/c1ccc(Cl)cc1)c1ccccc1NS(C)(=O)=O. The van der Waals surface area contributed by atoms with E-state index in [0.717, 1.165) is 11.8 Å². The fourth-order valence-corrected chi connectivity index (χ4v) is 2.96. The standard InChI is InChI=1S/C18H19ClN2O3S/c1-13(16-5-3-4-6-17(16)21-25(2,23)24)20-18(22)12-9-14-7-10-15(19)11-8-14/h3-13,21H,1-2H3,(H,20,22)/b12-9+. The normalized spacial score (nSPS) is 12.8. The highest BCUT2D eigenvalue weighted by atomic mass is 35.5. The Morgan fingerprint density at radius 3 is 2.40 bits per heavy atom. The van der Waals surface area contributed by atoms with E-state index in [4.69, 9.17) is 11.6 Å². The molecular weight excluding hydrogens is 360 g/mol. The Labute approximate surface area is 152 Å². The molecule has 5 nitrogen and oxygen atoms in total. The van der Waals surface area contributed by atoms with Crippen LogP contribution in [0.5, 0.6) is 0 Å². The van der Waals surface area contributed by atoms with Crippen molar-refractivity contribution in [1.29, 1.82) is 0 Å². The molecule has 0 saturated heterocycles. The molecule has 0 aliphatic rings. The molecule has 0 aliphatic carbocycles. The third-order valence-electron chi connectivity index (χ3n) is 3.38. The average Bonchev–Trinajstić information content (AvgIpc) is 2.53. The van der Waals surface area contributed by atoms with Crippen LogP contribution in [0.25, 0.3) is 6.08 Å². The number of para-hydroxylation sites is 1. The van der Waals surface area contributed by atoms with Gasteiger partial charge in [0.05, 0.1) is 18.0 Å². The van der Waals surface area contributed by atoms with Gasteiger partial charge in [0.2, 0.25) is 15.9 Å². The van der Waals surface area contributed by atoms with E-state index in [-0.39, 0.29) is 11.9 Å². The van der Waals surface area contributed by atoms with Crippen molar-refractivity contribution in [2.24, 2.45) is 0 Å². The zero-order chi connectivity index (χ0) is 18.4. The molecule has 0 bridgehead atoms. The Balaban J connectivity index is 2.07. The molecule has 25 heavy (non-hydrogen) atoms. The summed E-state index contributed by atoms with van der Waals surface area (Å²) >= 11 is 5.82. The Morgan fingerprint density at radius 1 is 1.12 bits per heavy atom. The van der Waals surface area contributed by atoms with Crippen LogP contribution in [0, 0.1) is 0 Å². The lowest BCUT2D eigenvalue weighted by Gasteiger charge is -2.17. The van der Waals surface area contributed by atoms with Gasteiger partial charge in [0.25, 0.3) is 0 Å². The Hall–Kier alpha value is -2.31. The van der Waals surface area contributed by atoms with Gasteiger partial charge in [-0.05, 0) is 42.3 Å². The number of halogens is 1. The molecule has 0 heterocycles. The van der Waals surface area contributed by atoms with Gasteiger partial charge in [-0.3, -0.25) is 9.52 Å². The molecule has 0 fully saturated rings. The number of amides is 1.